The van der Waals surface area contributed by atoms with Gasteiger partial charge in [-0.3, -0.25) is 4.90 Å². The number of fused-ring (bicyclic) bond motifs is 1. The highest BCUT2D eigenvalue weighted by Gasteiger charge is 2.50. The van der Waals surface area contributed by atoms with Crippen molar-refractivity contribution < 1.29 is 12.8 Å². The molecule has 0 spiro atoms. The summed E-state index contributed by atoms with van der Waals surface area (Å²) in [4.78, 5) is 6.50. The number of thiazole rings is 1. The third kappa shape index (κ3) is 3.36. The van der Waals surface area contributed by atoms with Gasteiger partial charge in [-0.2, -0.15) is 4.31 Å². The van der Waals surface area contributed by atoms with Crippen LogP contribution in [0, 0.1) is 18.7 Å². The molecule has 5 nitrogen and oxygen atoms in total. The molecule has 8 heteroatoms. The summed E-state index contributed by atoms with van der Waals surface area (Å²) in [6.45, 7) is 4.66. The van der Waals surface area contributed by atoms with Crippen molar-refractivity contribution in [3.05, 3.63) is 51.7 Å². The predicted octanol–water partition coefficient (Wildman–Crippen LogP) is 2.24. The number of aromatic nitrogens is 1. The third-order valence-electron chi connectivity index (χ3n) is 4.94. The smallest absolute Gasteiger partial charge is 0.218 e. The van der Waals surface area contributed by atoms with Gasteiger partial charge in [-0.15, -0.1) is 11.3 Å². The van der Waals surface area contributed by atoms with Crippen molar-refractivity contribution in [1.82, 2.24) is 14.2 Å². The van der Waals surface area contributed by atoms with E-state index in [9.17, 15) is 12.8 Å². The molecule has 0 N–H and O–H groups in total. The second-order valence-electron chi connectivity index (χ2n) is 6.82. The van der Waals surface area contributed by atoms with Crippen LogP contribution in [0.3, 0.4) is 0 Å². The van der Waals surface area contributed by atoms with Crippen molar-refractivity contribution in [3.8, 4) is 0 Å². The topological polar surface area (TPSA) is 53.5 Å². The van der Waals surface area contributed by atoms with Crippen molar-refractivity contribution in [3.63, 3.8) is 0 Å². The average molecular weight is 381 g/mol. The van der Waals surface area contributed by atoms with E-state index in [4.69, 9.17) is 0 Å². The van der Waals surface area contributed by atoms with Crippen LogP contribution in [0.4, 0.5) is 4.39 Å². The Labute approximate surface area is 151 Å². The van der Waals surface area contributed by atoms with Crippen molar-refractivity contribution in [1.29, 1.82) is 0 Å². The van der Waals surface area contributed by atoms with E-state index in [2.05, 4.69) is 9.88 Å². The van der Waals surface area contributed by atoms with Gasteiger partial charge in [0.1, 0.15) is 5.82 Å². The van der Waals surface area contributed by atoms with Crippen LogP contribution in [0.5, 0.6) is 0 Å². The zero-order valence-corrected chi connectivity index (χ0v) is 15.6. The second-order valence-corrected chi connectivity index (χ2v) is 10.0. The van der Waals surface area contributed by atoms with E-state index in [1.165, 1.54) is 12.1 Å². The SMILES string of the molecule is Cc1nc(CN2C[C@@H]3CN(Cc4cccc(F)c4)C[C@@H]3S2(=O)=O)cs1. The molecule has 2 aliphatic heterocycles. The van der Waals surface area contributed by atoms with Crippen LogP contribution in [-0.4, -0.2) is 47.5 Å². The van der Waals surface area contributed by atoms with E-state index in [0.29, 0.717) is 26.2 Å². The van der Waals surface area contributed by atoms with E-state index in [1.807, 2.05) is 18.4 Å². The number of hydrogen-bond donors (Lipinski definition) is 0. The van der Waals surface area contributed by atoms with Gasteiger partial charge in [0.2, 0.25) is 10.0 Å². The molecule has 2 fully saturated rings. The first kappa shape index (κ1) is 17.1. The summed E-state index contributed by atoms with van der Waals surface area (Å²) < 4.78 is 40.6. The minimum absolute atomic E-state index is 0.110. The first-order valence-corrected chi connectivity index (χ1v) is 10.7. The van der Waals surface area contributed by atoms with E-state index >= 15 is 0 Å². The first-order chi connectivity index (χ1) is 11.9. The lowest BCUT2D eigenvalue weighted by molar-refractivity contribution is 0.294. The van der Waals surface area contributed by atoms with Crippen molar-refractivity contribution in [2.45, 2.75) is 25.3 Å². The van der Waals surface area contributed by atoms with Crippen LogP contribution in [0.1, 0.15) is 16.3 Å². The van der Waals surface area contributed by atoms with Crippen LogP contribution in [0.2, 0.25) is 0 Å². The molecule has 0 radical (unpaired) electrons. The molecular weight excluding hydrogens is 361 g/mol. The van der Waals surface area contributed by atoms with E-state index in [0.717, 1.165) is 22.8 Å². The number of likely N-dealkylation sites (tertiary alicyclic amines) is 1. The Balaban J connectivity index is 1.44. The fourth-order valence-electron chi connectivity index (χ4n) is 3.84. The molecule has 0 bridgehead atoms. The third-order valence-corrected chi connectivity index (χ3v) is 8.06. The van der Waals surface area contributed by atoms with Gasteiger partial charge in [0.25, 0.3) is 0 Å². The van der Waals surface area contributed by atoms with Crippen molar-refractivity contribution in [2.24, 2.45) is 5.92 Å². The van der Waals surface area contributed by atoms with Gasteiger partial charge in [-0.25, -0.2) is 17.8 Å². The molecule has 0 amide bonds. The van der Waals surface area contributed by atoms with Crippen LogP contribution in [0.15, 0.2) is 29.6 Å². The molecule has 4 rings (SSSR count). The lowest BCUT2D eigenvalue weighted by Gasteiger charge is -2.20. The summed E-state index contributed by atoms with van der Waals surface area (Å²) in [7, 11) is -3.30. The summed E-state index contributed by atoms with van der Waals surface area (Å²) >= 11 is 1.54. The monoisotopic (exact) mass is 381 g/mol. The Morgan fingerprint density at radius 3 is 2.80 bits per heavy atom. The fourth-order valence-corrected chi connectivity index (χ4v) is 6.59. The van der Waals surface area contributed by atoms with Crippen LogP contribution >= 0.6 is 11.3 Å². The number of aryl methyl sites for hydroxylation is 1. The Bertz CT molecular complexity index is 884. The molecule has 25 heavy (non-hydrogen) atoms. The van der Waals surface area contributed by atoms with Gasteiger partial charge in [-0.05, 0) is 24.6 Å². The van der Waals surface area contributed by atoms with Gasteiger partial charge < -0.3 is 0 Å². The van der Waals surface area contributed by atoms with Crippen LogP contribution in [0.25, 0.3) is 0 Å². The number of benzene rings is 1. The standard InChI is InChI=1S/C17H20FN3O2S2/c1-12-19-16(11-24-12)9-21-8-14-7-20(10-17(14)25(21,22)23)6-13-3-2-4-15(18)5-13/h2-5,11,14,17H,6-10H2,1H3/t14-,17-/m0/s1. The maximum atomic E-state index is 13.3. The minimum Gasteiger partial charge on any atom is -0.297 e. The summed E-state index contributed by atoms with van der Waals surface area (Å²) in [5, 5.41) is 2.52. The number of halogens is 1. The number of nitrogens with zero attached hydrogens (tertiary/aromatic N) is 3. The second kappa shape index (κ2) is 6.42. The average Bonchev–Trinajstić information content (AvgIpc) is 3.18. The normalized spacial score (nSPS) is 26.2. The molecule has 2 saturated heterocycles. The largest absolute Gasteiger partial charge is 0.297 e. The van der Waals surface area contributed by atoms with Crippen molar-refractivity contribution >= 4 is 21.4 Å². The van der Waals surface area contributed by atoms with E-state index in [1.54, 1.807) is 21.7 Å². The molecule has 2 atom stereocenters. The maximum Gasteiger partial charge on any atom is 0.218 e. The quantitative estimate of drug-likeness (QED) is 0.815. The molecular formula is C17H20FN3O2S2. The van der Waals surface area contributed by atoms with Gasteiger partial charge in [-0.1, -0.05) is 12.1 Å². The van der Waals surface area contributed by atoms with Crippen LogP contribution in [-0.2, 0) is 23.1 Å². The zero-order chi connectivity index (χ0) is 17.6. The maximum absolute atomic E-state index is 13.3. The Hall–Kier alpha value is -1.35. The molecule has 0 aliphatic carbocycles. The fraction of sp³-hybridized carbons (Fsp3) is 0.471. The van der Waals surface area contributed by atoms with Crippen molar-refractivity contribution in [2.75, 3.05) is 19.6 Å². The Kier molecular flexibility index (Phi) is 4.39. The zero-order valence-electron chi connectivity index (χ0n) is 13.9. The summed E-state index contributed by atoms with van der Waals surface area (Å²) in [5.41, 5.74) is 1.70. The lowest BCUT2D eigenvalue weighted by Crippen LogP contribution is -2.34. The summed E-state index contributed by atoms with van der Waals surface area (Å²) in [6.07, 6.45) is 0. The van der Waals surface area contributed by atoms with Gasteiger partial charge in [0, 0.05) is 37.5 Å². The van der Waals surface area contributed by atoms with Gasteiger partial charge >= 0.3 is 0 Å². The van der Waals surface area contributed by atoms with Crippen LogP contribution < -0.4 is 0 Å². The molecule has 2 aromatic rings. The molecule has 3 heterocycles. The highest BCUT2D eigenvalue weighted by atomic mass is 32.2. The van der Waals surface area contributed by atoms with E-state index in [-0.39, 0.29) is 17.0 Å². The Morgan fingerprint density at radius 1 is 1.28 bits per heavy atom. The van der Waals surface area contributed by atoms with Gasteiger partial charge in [0.15, 0.2) is 0 Å². The first-order valence-electron chi connectivity index (χ1n) is 8.28. The highest BCUT2D eigenvalue weighted by molar-refractivity contribution is 7.90. The molecule has 134 valence electrons. The number of sulfonamides is 1. The Morgan fingerprint density at radius 2 is 2.12 bits per heavy atom. The lowest BCUT2D eigenvalue weighted by atomic mass is 10.1. The number of rotatable bonds is 4. The molecule has 1 aromatic carbocycles. The highest BCUT2D eigenvalue weighted by Crippen LogP contribution is 2.35. The van der Waals surface area contributed by atoms with Gasteiger partial charge in [0.05, 0.1) is 22.5 Å². The minimum atomic E-state index is -3.30. The molecule has 2 aliphatic rings. The number of hydrogen-bond acceptors (Lipinski definition) is 5. The molecule has 0 saturated carbocycles. The predicted molar refractivity (Wildman–Crippen MR) is 95.1 cm³/mol. The summed E-state index contributed by atoms with van der Waals surface area (Å²) in [6, 6.07) is 6.50. The van der Waals surface area contributed by atoms with E-state index < -0.39 is 10.0 Å². The molecule has 0 unspecified atom stereocenters. The summed E-state index contributed by atoms with van der Waals surface area (Å²) in [5.74, 6) is -0.146. The molecule has 1 aromatic heterocycles.